The predicted molar refractivity (Wildman–Crippen MR) is 111 cm³/mol. The molecule has 150 valence electrons. The molecule has 0 aliphatic rings. The number of fused-ring (bicyclic) bond motifs is 1. The molecule has 0 N–H and O–H groups in total. The van der Waals surface area contributed by atoms with E-state index < -0.39 is 0 Å². The number of benzene rings is 1. The van der Waals surface area contributed by atoms with Crippen LogP contribution >= 0.6 is 11.8 Å². The average molecular weight is 404 g/mol. The van der Waals surface area contributed by atoms with E-state index in [4.69, 9.17) is 9.47 Å². The fraction of sp³-hybridized carbons (Fsp3) is 0.421. The van der Waals surface area contributed by atoms with E-state index in [9.17, 15) is 9.59 Å². The van der Waals surface area contributed by atoms with E-state index in [1.54, 1.807) is 51.0 Å². The number of aryl methyl sites for hydroxylation is 2. The molecule has 0 amide bonds. The van der Waals surface area contributed by atoms with Gasteiger partial charge in [-0.05, 0) is 30.4 Å². The van der Waals surface area contributed by atoms with E-state index in [2.05, 4.69) is 4.98 Å². The molecule has 0 unspecified atom stereocenters. The molecular weight excluding hydrogens is 380 g/mol. The fourth-order valence-electron chi connectivity index (χ4n) is 3.09. The molecule has 0 spiro atoms. The summed E-state index contributed by atoms with van der Waals surface area (Å²) >= 11 is 1.72. The summed E-state index contributed by atoms with van der Waals surface area (Å²) < 4.78 is 15.0. The van der Waals surface area contributed by atoms with Gasteiger partial charge < -0.3 is 14.0 Å². The zero-order valence-electron chi connectivity index (χ0n) is 16.5. The summed E-state index contributed by atoms with van der Waals surface area (Å²) in [6.07, 6.45) is 2.25. The lowest BCUT2D eigenvalue weighted by atomic mass is 10.2. The summed E-state index contributed by atoms with van der Waals surface area (Å²) in [5.74, 6) is 3.17. The van der Waals surface area contributed by atoms with Crippen LogP contribution in [-0.2, 0) is 26.4 Å². The molecule has 0 bridgehead atoms. The third kappa shape index (κ3) is 3.80. The molecule has 1 aromatic carbocycles. The zero-order valence-corrected chi connectivity index (χ0v) is 17.3. The first kappa shape index (κ1) is 20.1. The first-order valence-electron chi connectivity index (χ1n) is 8.87. The van der Waals surface area contributed by atoms with Crippen LogP contribution < -0.4 is 20.7 Å². The Labute approximate surface area is 166 Å². The Bertz CT molecular complexity index is 1100. The standard InChI is InChI=1S/C19H24N4O4S/c1-21-12-20-17-16(21)18(24)23(19(25)22(17)2)8-5-9-28-11-13-10-14(26-3)6-7-15(13)27-4/h6-7,10,12H,5,8-9,11H2,1-4H3. The maximum Gasteiger partial charge on any atom is 0.332 e. The van der Waals surface area contributed by atoms with E-state index in [-0.39, 0.29) is 11.2 Å². The monoisotopic (exact) mass is 404 g/mol. The van der Waals surface area contributed by atoms with Crippen LogP contribution in [0.1, 0.15) is 12.0 Å². The SMILES string of the molecule is COc1ccc(OC)c(CSCCCn2c(=O)c3c(ncn3C)n(C)c2=O)c1. The maximum atomic E-state index is 12.7. The molecule has 3 rings (SSSR count). The van der Waals surface area contributed by atoms with Crippen LogP contribution in [0.15, 0.2) is 34.1 Å². The zero-order chi connectivity index (χ0) is 20.3. The third-order valence-electron chi connectivity index (χ3n) is 4.62. The normalized spacial score (nSPS) is 11.1. The van der Waals surface area contributed by atoms with Gasteiger partial charge in [0.25, 0.3) is 5.56 Å². The van der Waals surface area contributed by atoms with Crippen molar-refractivity contribution in [3.05, 3.63) is 50.9 Å². The lowest BCUT2D eigenvalue weighted by molar-refractivity contribution is 0.400. The molecule has 9 heteroatoms. The molecule has 28 heavy (non-hydrogen) atoms. The van der Waals surface area contributed by atoms with Gasteiger partial charge in [0.1, 0.15) is 11.5 Å². The summed E-state index contributed by atoms with van der Waals surface area (Å²) in [5.41, 5.74) is 1.27. The van der Waals surface area contributed by atoms with Crippen molar-refractivity contribution in [3.8, 4) is 11.5 Å². The quantitative estimate of drug-likeness (QED) is 0.533. The number of hydrogen-bond donors (Lipinski definition) is 0. The van der Waals surface area contributed by atoms with E-state index in [0.717, 1.165) is 28.6 Å². The predicted octanol–water partition coefficient (Wildman–Crippen LogP) is 1.77. The van der Waals surface area contributed by atoms with E-state index >= 15 is 0 Å². The minimum absolute atomic E-state index is 0.294. The van der Waals surface area contributed by atoms with E-state index in [0.29, 0.717) is 24.1 Å². The molecule has 2 aromatic heterocycles. The van der Waals surface area contributed by atoms with Gasteiger partial charge in [-0.3, -0.25) is 13.9 Å². The van der Waals surface area contributed by atoms with Gasteiger partial charge in [0.05, 0.1) is 20.5 Å². The van der Waals surface area contributed by atoms with Crippen LogP contribution in [0.3, 0.4) is 0 Å². The number of nitrogens with zero attached hydrogens (tertiary/aromatic N) is 4. The highest BCUT2D eigenvalue weighted by Gasteiger charge is 2.14. The molecular formula is C19H24N4O4S. The molecule has 2 heterocycles. The topological polar surface area (TPSA) is 80.3 Å². The van der Waals surface area contributed by atoms with Gasteiger partial charge >= 0.3 is 5.69 Å². The molecule has 8 nitrogen and oxygen atoms in total. The van der Waals surface area contributed by atoms with Gasteiger partial charge in [-0.2, -0.15) is 11.8 Å². The highest BCUT2D eigenvalue weighted by atomic mass is 32.2. The van der Waals surface area contributed by atoms with E-state index in [1.165, 1.54) is 9.13 Å². The number of methoxy groups -OCH3 is 2. The Hall–Kier alpha value is -2.68. The van der Waals surface area contributed by atoms with Gasteiger partial charge in [-0.1, -0.05) is 0 Å². The van der Waals surface area contributed by atoms with Crippen molar-refractivity contribution in [3.63, 3.8) is 0 Å². The Morgan fingerprint density at radius 1 is 1.14 bits per heavy atom. The van der Waals surface area contributed by atoms with Crippen LogP contribution in [0.2, 0.25) is 0 Å². The Morgan fingerprint density at radius 2 is 1.93 bits per heavy atom. The van der Waals surface area contributed by atoms with Crippen LogP contribution in [0.5, 0.6) is 11.5 Å². The van der Waals surface area contributed by atoms with Crippen LogP contribution in [0, 0.1) is 0 Å². The largest absolute Gasteiger partial charge is 0.497 e. The Balaban J connectivity index is 1.66. The van der Waals surface area contributed by atoms with Crippen molar-refractivity contribution in [2.75, 3.05) is 20.0 Å². The second-order valence-corrected chi connectivity index (χ2v) is 7.52. The number of hydrogen-bond acceptors (Lipinski definition) is 6. The maximum absolute atomic E-state index is 12.7. The number of imidazole rings is 1. The summed E-state index contributed by atoms with van der Waals surface area (Å²) in [6, 6.07) is 5.72. The Morgan fingerprint density at radius 3 is 2.64 bits per heavy atom. The summed E-state index contributed by atoms with van der Waals surface area (Å²) in [4.78, 5) is 29.3. The molecule has 0 aliphatic heterocycles. The van der Waals surface area contributed by atoms with Crippen molar-refractivity contribution in [2.45, 2.75) is 18.7 Å². The number of thioether (sulfide) groups is 1. The van der Waals surface area contributed by atoms with E-state index in [1.807, 2.05) is 18.2 Å². The molecule has 0 aliphatic carbocycles. The Kier molecular flexibility index (Phi) is 6.13. The highest BCUT2D eigenvalue weighted by Crippen LogP contribution is 2.27. The van der Waals surface area contributed by atoms with Crippen LogP contribution in [0.4, 0.5) is 0 Å². The average Bonchev–Trinajstić information content (AvgIpc) is 3.10. The minimum Gasteiger partial charge on any atom is -0.497 e. The summed E-state index contributed by atoms with van der Waals surface area (Å²) in [7, 11) is 6.67. The van der Waals surface area contributed by atoms with Crippen molar-refractivity contribution in [2.24, 2.45) is 14.1 Å². The van der Waals surface area contributed by atoms with Crippen LogP contribution in [0.25, 0.3) is 11.2 Å². The fourth-order valence-corrected chi connectivity index (χ4v) is 4.02. The number of rotatable bonds is 8. The van der Waals surface area contributed by atoms with Gasteiger partial charge in [-0.15, -0.1) is 0 Å². The minimum atomic E-state index is -0.337. The van der Waals surface area contributed by atoms with Gasteiger partial charge in [0.2, 0.25) is 0 Å². The second kappa shape index (κ2) is 8.55. The first-order chi connectivity index (χ1) is 13.5. The number of aromatic nitrogens is 4. The molecule has 0 saturated heterocycles. The molecule has 3 aromatic rings. The van der Waals surface area contributed by atoms with Gasteiger partial charge in [-0.25, -0.2) is 9.78 Å². The van der Waals surface area contributed by atoms with Gasteiger partial charge in [0, 0.05) is 32.0 Å². The molecule has 0 atom stereocenters. The summed E-state index contributed by atoms with van der Waals surface area (Å²) in [5, 5.41) is 0. The van der Waals surface area contributed by atoms with Crippen molar-refractivity contribution in [1.82, 2.24) is 18.7 Å². The van der Waals surface area contributed by atoms with Crippen molar-refractivity contribution in [1.29, 1.82) is 0 Å². The third-order valence-corrected chi connectivity index (χ3v) is 5.71. The second-order valence-electron chi connectivity index (χ2n) is 6.41. The van der Waals surface area contributed by atoms with Crippen molar-refractivity contribution >= 4 is 22.9 Å². The molecule has 0 radical (unpaired) electrons. The first-order valence-corrected chi connectivity index (χ1v) is 10.0. The van der Waals surface area contributed by atoms with Crippen LogP contribution in [-0.4, -0.2) is 38.7 Å². The summed E-state index contributed by atoms with van der Waals surface area (Å²) in [6.45, 7) is 0.370. The lowest BCUT2D eigenvalue weighted by Crippen LogP contribution is -2.39. The lowest BCUT2D eigenvalue weighted by Gasteiger charge is -2.11. The molecule has 0 fully saturated rings. The van der Waals surface area contributed by atoms with Crippen molar-refractivity contribution < 1.29 is 9.47 Å². The van der Waals surface area contributed by atoms with Gasteiger partial charge in [0.15, 0.2) is 11.2 Å². The smallest absolute Gasteiger partial charge is 0.332 e. The highest BCUT2D eigenvalue weighted by molar-refractivity contribution is 7.98. The molecule has 0 saturated carbocycles. The number of ether oxygens (including phenoxy) is 2.